The molecule has 0 unspecified atom stereocenters. The number of anilines is 2. The van der Waals surface area contributed by atoms with E-state index in [-0.39, 0.29) is 11.4 Å². The Labute approximate surface area is 156 Å². The number of pyridine rings is 1. The molecule has 0 N–H and O–H groups in total. The zero-order valence-electron chi connectivity index (χ0n) is 15.3. The van der Waals surface area contributed by atoms with Gasteiger partial charge in [0, 0.05) is 35.9 Å². The molecule has 0 spiro atoms. The molecule has 1 aliphatic heterocycles. The molecule has 0 radical (unpaired) electrons. The Morgan fingerprint density at radius 3 is 2.59 bits per heavy atom. The Kier molecular flexibility index (Phi) is 4.45. The van der Waals surface area contributed by atoms with Crippen LogP contribution in [-0.4, -0.2) is 26.1 Å². The molecule has 2 aromatic heterocycles. The first-order chi connectivity index (χ1) is 13.0. The van der Waals surface area contributed by atoms with Crippen molar-refractivity contribution in [3.63, 3.8) is 0 Å². The molecule has 0 bridgehead atoms. The van der Waals surface area contributed by atoms with E-state index in [1.165, 1.54) is 12.1 Å². The highest BCUT2D eigenvalue weighted by Gasteiger charge is 2.27. The molecule has 0 atom stereocenters. The molecule has 3 aromatic rings. The first-order valence-electron chi connectivity index (χ1n) is 8.75. The summed E-state index contributed by atoms with van der Waals surface area (Å²) in [6, 6.07) is 10.1. The summed E-state index contributed by atoms with van der Waals surface area (Å²) >= 11 is 0. The molecule has 0 saturated carbocycles. The van der Waals surface area contributed by atoms with Gasteiger partial charge in [-0.1, -0.05) is 6.07 Å². The Bertz CT molecular complexity index is 1020. The van der Waals surface area contributed by atoms with Crippen molar-refractivity contribution < 1.29 is 4.39 Å². The van der Waals surface area contributed by atoms with Crippen LogP contribution in [0.25, 0.3) is 0 Å². The summed E-state index contributed by atoms with van der Waals surface area (Å²) in [6.07, 6.45) is 3.56. The molecular formula is C20H20FN5O. The van der Waals surface area contributed by atoms with Gasteiger partial charge in [0.2, 0.25) is 5.95 Å². The van der Waals surface area contributed by atoms with Crippen LogP contribution in [-0.2, 0) is 13.2 Å². The molecule has 6 nitrogen and oxygen atoms in total. The lowest BCUT2D eigenvalue weighted by Gasteiger charge is -2.38. The molecule has 0 saturated heterocycles. The van der Waals surface area contributed by atoms with E-state index in [0.717, 1.165) is 11.3 Å². The molecule has 0 amide bonds. The molecule has 0 aliphatic carbocycles. The Balaban J connectivity index is 1.78. The third-order valence-corrected chi connectivity index (χ3v) is 4.81. The second-order valence-corrected chi connectivity index (χ2v) is 6.73. The number of nitrogens with zero attached hydrogens (tertiary/aromatic N) is 5. The van der Waals surface area contributed by atoms with Gasteiger partial charge in [-0.3, -0.25) is 24.1 Å². The van der Waals surface area contributed by atoms with Gasteiger partial charge in [0.05, 0.1) is 13.3 Å². The van der Waals surface area contributed by atoms with Gasteiger partial charge < -0.3 is 0 Å². The monoisotopic (exact) mass is 365 g/mol. The van der Waals surface area contributed by atoms with Gasteiger partial charge >= 0.3 is 0 Å². The zero-order chi connectivity index (χ0) is 19.0. The minimum Gasteiger partial charge on any atom is -0.298 e. The topological polar surface area (TPSA) is 54.3 Å². The van der Waals surface area contributed by atoms with Crippen molar-refractivity contribution in [3.05, 3.63) is 81.8 Å². The van der Waals surface area contributed by atoms with E-state index in [0.29, 0.717) is 37.1 Å². The second-order valence-electron chi connectivity index (χ2n) is 6.73. The smallest absolute Gasteiger partial charge is 0.259 e. The normalized spacial score (nSPS) is 14.3. The first-order valence-corrected chi connectivity index (χ1v) is 8.75. The van der Waals surface area contributed by atoms with Crippen LogP contribution in [0.15, 0.2) is 53.6 Å². The number of rotatable bonds is 3. The van der Waals surface area contributed by atoms with E-state index in [1.807, 2.05) is 30.2 Å². The fraction of sp³-hybridized carbons (Fsp3) is 0.250. The van der Waals surface area contributed by atoms with Crippen molar-refractivity contribution in [2.45, 2.75) is 27.1 Å². The van der Waals surface area contributed by atoms with Crippen LogP contribution in [0.2, 0.25) is 0 Å². The predicted molar refractivity (Wildman–Crippen MR) is 101 cm³/mol. The molecule has 138 valence electrons. The van der Waals surface area contributed by atoms with Crippen LogP contribution >= 0.6 is 0 Å². The minimum atomic E-state index is -0.298. The highest BCUT2D eigenvalue weighted by Crippen LogP contribution is 2.28. The molecule has 27 heavy (non-hydrogen) atoms. The number of fused-ring (bicyclic) bond motifs is 1. The first kappa shape index (κ1) is 17.4. The van der Waals surface area contributed by atoms with E-state index >= 15 is 0 Å². The van der Waals surface area contributed by atoms with Crippen molar-refractivity contribution in [1.82, 2.24) is 19.4 Å². The summed E-state index contributed by atoms with van der Waals surface area (Å²) in [5, 5.41) is 0. The summed E-state index contributed by atoms with van der Waals surface area (Å²) < 4.78 is 15.1. The fourth-order valence-corrected chi connectivity index (χ4v) is 3.25. The fourth-order valence-electron chi connectivity index (χ4n) is 3.25. The third-order valence-electron chi connectivity index (χ3n) is 4.81. The number of hydrogen-bond donors (Lipinski definition) is 0. The zero-order valence-corrected chi connectivity index (χ0v) is 15.3. The highest BCUT2D eigenvalue weighted by atomic mass is 19.1. The molecular weight excluding hydrogens is 345 g/mol. The van der Waals surface area contributed by atoms with Gasteiger partial charge in [0.15, 0.2) is 0 Å². The average molecular weight is 365 g/mol. The van der Waals surface area contributed by atoms with Gasteiger partial charge in [-0.25, -0.2) is 9.37 Å². The van der Waals surface area contributed by atoms with Gasteiger partial charge in [-0.2, -0.15) is 0 Å². The van der Waals surface area contributed by atoms with Crippen LogP contribution < -0.4 is 10.5 Å². The van der Waals surface area contributed by atoms with Gasteiger partial charge in [0.1, 0.15) is 5.82 Å². The van der Waals surface area contributed by atoms with E-state index < -0.39 is 0 Å². The SMILES string of the molecule is Cc1nc2n(c(=O)c1C)CN(Cc1cccnc1)CN2c1ccc(F)cc1. The van der Waals surface area contributed by atoms with Crippen molar-refractivity contribution in [2.24, 2.45) is 0 Å². The maximum atomic E-state index is 13.4. The maximum Gasteiger partial charge on any atom is 0.259 e. The molecule has 1 aliphatic rings. The van der Waals surface area contributed by atoms with Gasteiger partial charge in [-0.15, -0.1) is 0 Å². The number of hydrogen-bond acceptors (Lipinski definition) is 5. The van der Waals surface area contributed by atoms with Crippen LogP contribution in [0, 0.1) is 19.7 Å². The van der Waals surface area contributed by atoms with E-state index in [1.54, 1.807) is 29.8 Å². The largest absolute Gasteiger partial charge is 0.298 e. The van der Waals surface area contributed by atoms with Crippen molar-refractivity contribution >= 4 is 11.6 Å². The standard InChI is InChI=1S/C20H20FN5O/c1-14-15(2)23-20-25(18-7-5-17(21)6-8-18)12-24(13-26(20)19(14)27)11-16-4-3-9-22-10-16/h3-10H,11-13H2,1-2H3. The summed E-state index contributed by atoms with van der Waals surface area (Å²) in [6.45, 7) is 5.25. The van der Waals surface area contributed by atoms with E-state index in [2.05, 4.69) is 14.9 Å². The quantitative estimate of drug-likeness (QED) is 0.714. The van der Waals surface area contributed by atoms with Gasteiger partial charge in [0.25, 0.3) is 5.56 Å². The van der Waals surface area contributed by atoms with E-state index in [9.17, 15) is 9.18 Å². The summed E-state index contributed by atoms with van der Waals surface area (Å²) in [5.74, 6) is 0.283. The summed E-state index contributed by atoms with van der Waals surface area (Å²) in [5.41, 5.74) is 3.14. The Hall–Kier alpha value is -3.06. The number of benzene rings is 1. The lowest BCUT2D eigenvalue weighted by Crippen LogP contribution is -2.47. The van der Waals surface area contributed by atoms with Crippen LogP contribution in [0.3, 0.4) is 0 Å². The number of aryl methyl sites for hydroxylation is 1. The summed E-state index contributed by atoms with van der Waals surface area (Å²) in [7, 11) is 0. The molecule has 4 rings (SSSR count). The van der Waals surface area contributed by atoms with Gasteiger partial charge in [-0.05, 0) is 49.7 Å². The molecule has 1 aromatic carbocycles. The molecule has 3 heterocycles. The highest BCUT2D eigenvalue weighted by molar-refractivity contribution is 5.58. The minimum absolute atomic E-state index is 0.0551. The lowest BCUT2D eigenvalue weighted by atomic mass is 10.2. The van der Waals surface area contributed by atoms with Crippen molar-refractivity contribution in [3.8, 4) is 0 Å². The molecule has 0 fully saturated rings. The average Bonchev–Trinajstić information content (AvgIpc) is 2.68. The maximum absolute atomic E-state index is 13.4. The van der Waals surface area contributed by atoms with Crippen LogP contribution in [0.4, 0.5) is 16.0 Å². The predicted octanol–water partition coefficient (Wildman–Crippen LogP) is 2.96. The second kappa shape index (κ2) is 6.92. The van der Waals surface area contributed by atoms with Crippen LogP contribution in [0.1, 0.15) is 16.8 Å². The summed E-state index contributed by atoms with van der Waals surface area (Å²) in [4.78, 5) is 25.7. The van der Waals surface area contributed by atoms with Crippen LogP contribution in [0.5, 0.6) is 0 Å². The molecule has 7 heteroatoms. The number of halogens is 1. The third kappa shape index (κ3) is 3.33. The van der Waals surface area contributed by atoms with Crippen molar-refractivity contribution in [1.29, 1.82) is 0 Å². The number of aromatic nitrogens is 3. The Morgan fingerprint density at radius 1 is 1.11 bits per heavy atom. The lowest BCUT2D eigenvalue weighted by molar-refractivity contribution is 0.189. The Morgan fingerprint density at radius 2 is 1.89 bits per heavy atom. The van der Waals surface area contributed by atoms with Crippen molar-refractivity contribution in [2.75, 3.05) is 11.6 Å². The van der Waals surface area contributed by atoms with E-state index in [4.69, 9.17) is 0 Å².